The molecular weight excluding hydrogens is 222 g/mol. The van der Waals surface area contributed by atoms with Gasteiger partial charge in [-0.05, 0) is 18.2 Å². The van der Waals surface area contributed by atoms with E-state index in [1.807, 2.05) is 0 Å². The Kier molecular flexibility index (Phi) is 3.34. The fraction of sp³-hybridized carbons (Fsp3) is 0.182. The molecule has 6 nitrogen and oxygen atoms in total. The van der Waals surface area contributed by atoms with Gasteiger partial charge in [0.25, 0.3) is 0 Å². The first-order valence-electron chi connectivity index (χ1n) is 5.08. The van der Waals surface area contributed by atoms with Crippen molar-refractivity contribution in [3.8, 4) is 11.6 Å². The van der Waals surface area contributed by atoms with E-state index in [1.165, 1.54) is 0 Å². The number of nitrogens with zero attached hydrogens (tertiary/aromatic N) is 2. The highest BCUT2D eigenvalue weighted by molar-refractivity contribution is 5.67. The second-order valence-corrected chi connectivity index (χ2v) is 3.31. The lowest BCUT2D eigenvalue weighted by molar-refractivity contribution is -0.136. The number of aromatic nitrogens is 2. The van der Waals surface area contributed by atoms with E-state index < -0.39 is 5.97 Å². The molecule has 2 heterocycles. The molecule has 0 spiro atoms. The summed E-state index contributed by atoms with van der Waals surface area (Å²) in [4.78, 5) is 18.6. The van der Waals surface area contributed by atoms with Crippen LogP contribution >= 0.6 is 0 Å². The third-order valence-corrected chi connectivity index (χ3v) is 2.04. The highest BCUT2D eigenvalue weighted by atomic mass is 16.4. The van der Waals surface area contributed by atoms with Crippen LogP contribution in [0.25, 0.3) is 11.6 Å². The molecule has 0 aliphatic rings. The van der Waals surface area contributed by atoms with Gasteiger partial charge in [-0.1, -0.05) is 0 Å². The van der Waals surface area contributed by atoms with Crippen LogP contribution in [0.1, 0.15) is 6.42 Å². The molecule has 0 saturated carbocycles. The first-order chi connectivity index (χ1) is 8.25. The maximum absolute atomic E-state index is 10.4. The largest absolute Gasteiger partial charge is 0.481 e. The van der Waals surface area contributed by atoms with E-state index in [1.54, 1.807) is 30.7 Å². The van der Waals surface area contributed by atoms with Crippen LogP contribution in [0.5, 0.6) is 0 Å². The molecule has 2 aromatic rings. The van der Waals surface area contributed by atoms with Crippen LogP contribution in [0, 0.1) is 0 Å². The molecule has 0 atom stereocenters. The average molecular weight is 233 g/mol. The summed E-state index contributed by atoms with van der Waals surface area (Å²) < 4.78 is 5.17. The van der Waals surface area contributed by atoms with Crippen LogP contribution in [0.4, 0.5) is 5.82 Å². The minimum Gasteiger partial charge on any atom is -0.481 e. The summed E-state index contributed by atoms with van der Waals surface area (Å²) in [6, 6.07) is 5.19. The highest BCUT2D eigenvalue weighted by Crippen LogP contribution is 2.16. The number of hydrogen-bond acceptors (Lipinski definition) is 5. The molecule has 6 heteroatoms. The van der Waals surface area contributed by atoms with E-state index in [0.717, 1.165) is 0 Å². The van der Waals surface area contributed by atoms with Crippen molar-refractivity contribution < 1.29 is 14.3 Å². The number of hydrogen-bond donors (Lipinski definition) is 2. The smallest absolute Gasteiger partial charge is 0.305 e. The molecule has 2 aromatic heterocycles. The summed E-state index contributed by atoms with van der Waals surface area (Å²) in [5, 5.41) is 11.4. The Morgan fingerprint density at radius 3 is 3.06 bits per heavy atom. The Balaban J connectivity index is 2.04. The van der Waals surface area contributed by atoms with Crippen LogP contribution < -0.4 is 5.32 Å². The zero-order valence-electron chi connectivity index (χ0n) is 8.96. The topological polar surface area (TPSA) is 88.2 Å². The van der Waals surface area contributed by atoms with Crippen molar-refractivity contribution in [2.24, 2.45) is 0 Å². The molecule has 0 saturated heterocycles. The van der Waals surface area contributed by atoms with Crippen LogP contribution in [0.15, 0.2) is 35.1 Å². The van der Waals surface area contributed by atoms with Gasteiger partial charge in [-0.2, -0.15) is 0 Å². The van der Waals surface area contributed by atoms with E-state index in [4.69, 9.17) is 9.52 Å². The van der Waals surface area contributed by atoms with Gasteiger partial charge in [-0.25, -0.2) is 9.97 Å². The maximum atomic E-state index is 10.4. The van der Waals surface area contributed by atoms with Crippen molar-refractivity contribution in [3.63, 3.8) is 0 Å². The van der Waals surface area contributed by atoms with E-state index >= 15 is 0 Å². The predicted molar refractivity (Wildman–Crippen MR) is 60.5 cm³/mol. The van der Waals surface area contributed by atoms with Crippen molar-refractivity contribution in [3.05, 3.63) is 30.7 Å². The van der Waals surface area contributed by atoms with E-state index in [9.17, 15) is 4.79 Å². The number of anilines is 1. The summed E-state index contributed by atoms with van der Waals surface area (Å²) in [6.07, 6.45) is 3.18. The summed E-state index contributed by atoms with van der Waals surface area (Å²) >= 11 is 0. The van der Waals surface area contributed by atoms with Gasteiger partial charge in [0.1, 0.15) is 5.82 Å². The monoisotopic (exact) mass is 233 g/mol. The van der Waals surface area contributed by atoms with Gasteiger partial charge in [0.05, 0.1) is 12.7 Å². The average Bonchev–Trinajstić information content (AvgIpc) is 2.82. The minimum absolute atomic E-state index is 0.0418. The molecule has 0 aliphatic heterocycles. The van der Waals surface area contributed by atoms with Crippen molar-refractivity contribution >= 4 is 11.8 Å². The normalized spacial score (nSPS) is 10.1. The maximum Gasteiger partial charge on any atom is 0.305 e. The van der Waals surface area contributed by atoms with Gasteiger partial charge >= 0.3 is 5.97 Å². The molecule has 2 rings (SSSR count). The van der Waals surface area contributed by atoms with Crippen LogP contribution in [-0.4, -0.2) is 27.6 Å². The third kappa shape index (κ3) is 3.04. The van der Waals surface area contributed by atoms with E-state index in [-0.39, 0.29) is 6.42 Å². The lowest BCUT2D eigenvalue weighted by atomic mass is 10.4. The number of furan rings is 1. The van der Waals surface area contributed by atoms with Crippen molar-refractivity contribution in [2.75, 3.05) is 11.9 Å². The summed E-state index contributed by atoms with van der Waals surface area (Å²) in [5.74, 6) is 0.771. The lowest BCUT2D eigenvalue weighted by Gasteiger charge is -2.04. The van der Waals surface area contributed by atoms with Crippen LogP contribution in [0.3, 0.4) is 0 Å². The fourth-order valence-electron chi connectivity index (χ4n) is 1.28. The van der Waals surface area contributed by atoms with Gasteiger partial charge in [0, 0.05) is 12.7 Å². The second kappa shape index (κ2) is 5.11. The lowest BCUT2D eigenvalue weighted by Crippen LogP contribution is -2.08. The summed E-state index contributed by atoms with van der Waals surface area (Å²) in [6.45, 7) is 0.323. The molecule has 0 aliphatic carbocycles. The standard InChI is InChI=1S/C11H11N3O3/c15-10(16)4-6-12-9-3-5-13-11(14-9)8-2-1-7-17-8/h1-3,5,7H,4,6H2,(H,15,16)(H,12,13,14). The molecule has 2 N–H and O–H groups in total. The Bertz CT molecular complexity index is 496. The molecule has 0 bridgehead atoms. The Hall–Kier alpha value is -2.37. The van der Waals surface area contributed by atoms with Gasteiger partial charge in [0.15, 0.2) is 11.6 Å². The van der Waals surface area contributed by atoms with Gasteiger partial charge < -0.3 is 14.8 Å². The zero-order valence-corrected chi connectivity index (χ0v) is 8.96. The number of aliphatic carboxylic acids is 1. The zero-order chi connectivity index (χ0) is 12.1. The minimum atomic E-state index is -0.849. The SMILES string of the molecule is O=C(O)CCNc1ccnc(-c2ccco2)n1. The molecule has 17 heavy (non-hydrogen) atoms. The Morgan fingerprint density at radius 2 is 2.35 bits per heavy atom. The summed E-state index contributed by atoms with van der Waals surface area (Å²) in [7, 11) is 0. The summed E-state index contributed by atoms with van der Waals surface area (Å²) in [5.41, 5.74) is 0. The van der Waals surface area contributed by atoms with Crippen molar-refractivity contribution in [2.45, 2.75) is 6.42 Å². The Labute approximate surface area is 97.3 Å². The highest BCUT2D eigenvalue weighted by Gasteiger charge is 2.05. The first kappa shape index (κ1) is 11.1. The molecule has 88 valence electrons. The number of carboxylic acids is 1. The number of carbonyl (C=O) groups is 1. The van der Waals surface area contributed by atoms with Crippen LogP contribution in [-0.2, 0) is 4.79 Å². The van der Waals surface area contributed by atoms with Gasteiger partial charge in [0.2, 0.25) is 0 Å². The first-order valence-corrected chi connectivity index (χ1v) is 5.08. The van der Waals surface area contributed by atoms with E-state index in [2.05, 4.69) is 15.3 Å². The third-order valence-electron chi connectivity index (χ3n) is 2.04. The number of nitrogens with one attached hydrogen (secondary N) is 1. The second-order valence-electron chi connectivity index (χ2n) is 3.31. The van der Waals surface area contributed by atoms with Crippen molar-refractivity contribution in [1.82, 2.24) is 9.97 Å². The van der Waals surface area contributed by atoms with Crippen LogP contribution in [0.2, 0.25) is 0 Å². The molecule has 0 unspecified atom stereocenters. The predicted octanol–water partition coefficient (Wildman–Crippen LogP) is 1.62. The number of rotatable bonds is 5. The quantitative estimate of drug-likeness (QED) is 0.815. The molecular formula is C11H11N3O3. The van der Waals surface area contributed by atoms with E-state index in [0.29, 0.717) is 23.9 Å². The van der Waals surface area contributed by atoms with Gasteiger partial charge in [-0.3, -0.25) is 4.79 Å². The Morgan fingerprint density at radius 1 is 1.47 bits per heavy atom. The molecule has 0 radical (unpaired) electrons. The fourth-order valence-corrected chi connectivity index (χ4v) is 1.28. The molecule has 0 aromatic carbocycles. The van der Waals surface area contributed by atoms with Crippen molar-refractivity contribution in [1.29, 1.82) is 0 Å². The molecule has 0 amide bonds. The van der Waals surface area contributed by atoms with Gasteiger partial charge in [-0.15, -0.1) is 0 Å². The molecule has 0 fully saturated rings. The number of carboxylic acid groups (broad SMARTS) is 1.